The molecule has 0 spiro atoms. The van der Waals surface area contributed by atoms with E-state index in [1.165, 1.54) is 31.4 Å². The van der Waals surface area contributed by atoms with Crippen molar-refractivity contribution >= 4 is 23.2 Å². The first-order chi connectivity index (χ1) is 12.9. The lowest BCUT2D eigenvalue weighted by molar-refractivity contribution is -0.385. The van der Waals surface area contributed by atoms with E-state index >= 15 is 0 Å². The molecule has 0 saturated heterocycles. The van der Waals surface area contributed by atoms with Gasteiger partial charge in [0.25, 0.3) is 5.91 Å². The van der Waals surface area contributed by atoms with Gasteiger partial charge in [-0.05, 0) is 43.2 Å². The molecule has 0 aliphatic heterocycles. The van der Waals surface area contributed by atoms with Crippen LogP contribution in [0, 0.1) is 10.1 Å². The van der Waals surface area contributed by atoms with E-state index in [-0.39, 0.29) is 39.9 Å². The molecule has 1 N–H and O–H groups in total. The fraction of sp³-hybridized carbons (Fsp3) is 0.316. The molecule has 0 aliphatic rings. The summed E-state index contributed by atoms with van der Waals surface area (Å²) in [5.74, 6) is 0.349. The van der Waals surface area contributed by atoms with E-state index in [0.717, 1.165) is 12.8 Å². The van der Waals surface area contributed by atoms with Gasteiger partial charge in [-0.2, -0.15) is 0 Å². The first kappa shape index (κ1) is 20.5. The van der Waals surface area contributed by atoms with Crippen molar-refractivity contribution in [2.75, 3.05) is 7.11 Å². The highest BCUT2D eigenvalue weighted by molar-refractivity contribution is 6.30. The fourth-order valence-corrected chi connectivity index (χ4v) is 2.66. The molecule has 8 heteroatoms. The van der Waals surface area contributed by atoms with Crippen LogP contribution in [0.15, 0.2) is 36.4 Å². The standard InChI is InChI=1S/C19H21ClN2O5/c1-4-14(5-2)21-19(23)12-6-8-17(18(10-12)26-3)27-16-9-7-13(20)11-15(16)22(24)25/h6-11,14H,4-5H2,1-3H3,(H,21,23). The number of hydrogen-bond acceptors (Lipinski definition) is 5. The van der Waals surface area contributed by atoms with Crippen LogP contribution in [0.3, 0.4) is 0 Å². The lowest BCUT2D eigenvalue weighted by Crippen LogP contribution is -2.33. The van der Waals surface area contributed by atoms with Crippen molar-refractivity contribution < 1.29 is 19.2 Å². The Bertz CT molecular complexity index is 837. The number of methoxy groups -OCH3 is 1. The molecule has 2 aromatic rings. The number of carbonyl (C=O) groups excluding carboxylic acids is 1. The maximum atomic E-state index is 12.4. The molecule has 0 aromatic heterocycles. The molecule has 2 aromatic carbocycles. The molecule has 27 heavy (non-hydrogen) atoms. The molecular formula is C19H21ClN2O5. The van der Waals surface area contributed by atoms with Crippen molar-refractivity contribution in [3.05, 3.63) is 57.1 Å². The normalized spacial score (nSPS) is 10.6. The minimum Gasteiger partial charge on any atom is -0.493 e. The molecule has 0 atom stereocenters. The predicted molar refractivity (Wildman–Crippen MR) is 103 cm³/mol. The highest BCUT2D eigenvalue weighted by atomic mass is 35.5. The van der Waals surface area contributed by atoms with Gasteiger partial charge in [-0.25, -0.2) is 0 Å². The number of nitrogens with one attached hydrogen (secondary N) is 1. The van der Waals surface area contributed by atoms with E-state index in [1.54, 1.807) is 12.1 Å². The quantitative estimate of drug-likeness (QED) is 0.506. The number of rotatable bonds is 8. The first-order valence-corrected chi connectivity index (χ1v) is 8.88. The van der Waals surface area contributed by atoms with Crippen LogP contribution in [0.5, 0.6) is 17.2 Å². The van der Waals surface area contributed by atoms with E-state index in [1.807, 2.05) is 13.8 Å². The molecule has 1 amide bonds. The molecule has 0 saturated carbocycles. The largest absolute Gasteiger partial charge is 0.493 e. The Labute approximate surface area is 162 Å². The summed E-state index contributed by atoms with van der Waals surface area (Å²) < 4.78 is 10.9. The van der Waals surface area contributed by atoms with Gasteiger partial charge in [-0.15, -0.1) is 0 Å². The molecule has 0 radical (unpaired) electrons. The van der Waals surface area contributed by atoms with E-state index < -0.39 is 4.92 Å². The Hall–Kier alpha value is -2.80. The summed E-state index contributed by atoms with van der Waals surface area (Å²) >= 11 is 5.81. The van der Waals surface area contributed by atoms with Crippen LogP contribution in [-0.2, 0) is 0 Å². The zero-order valence-corrected chi connectivity index (χ0v) is 16.1. The van der Waals surface area contributed by atoms with Gasteiger partial charge in [0.05, 0.1) is 12.0 Å². The van der Waals surface area contributed by atoms with Gasteiger partial charge < -0.3 is 14.8 Å². The lowest BCUT2D eigenvalue weighted by atomic mass is 10.1. The Morgan fingerprint density at radius 1 is 1.15 bits per heavy atom. The van der Waals surface area contributed by atoms with Gasteiger partial charge in [-0.3, -0.25) is 14.9 Å². The number of nitro benzene ring substituents is 1. The van der Waals surface area contributed by atoms with Gasteiger partial charge in [0, 0.05) is 22.7 Å². The minimum atomic E-state index is -0.578. The van der Waals surface area contributed by atoms with Crippen LogP contribution >= 0.6 is 11.6 Å². The third kappa shape index (κ3) is 5.10. The summed E-state index contributed by atoms with van der Waals surface area (Å²) in [4.78, 5) is 23.0. The van der Waals surface area contributed by atoms with Crippen LogP contribution in [0.2, 0.25) is 5.02 Å². The van der Waals surface area contributed by atoms with E-state index in [4.69, 9.17) is 21.1 Å². The second-order valence-electron chi connectivity index (χ2n) is 5.82. The van der Waals surface area contributed by atoms with E-state index in [2.05, 4.69) is 5.32 Å². The van der Waals surface area contributed by atoms with Crippen LogP contribution in [0.4, 0.5) is 5.69 Å². The molecule has 0 fully saturated rings. The Morgan fingerprint density at radius 2 is 1.81 bits per heavy atom. The third-order valence-corrected chi connectivity index (χ3v) is 4.32. The maximum absolute atomic E-state index is 12.4. The Balaban J connectivity index is 2.30. The summed E-state index contributed by atoms with van der Waals surface area (Å²) in [6.07, 6.45) is 1.67. The molecule has 0 aliphatic carbocycles. The second-order valence-corrected chi connectivity index (χ2v) is 6.26. The molecule has 2 rings (SSSR count). The number of nitrogens with zero attached hydrogens (tertiary/aromatic N) is 1. The van der Waals surface area contributed by atoms with Crippen LogP contribution in [0.1, 0.15) is 37.0 Å². The van der Waals surface area contributed by atoms with Gasteiger partial charge in [0.1, 0.15) is 0 Å². The average molecular weight is 393 g/mol. The van der Waals surface area contributed by atoms with Crippen LogP contribution in [0.25, 0.3) is 0 Å². The average Bonchev–Trinajstić information content (AvgIpc) is 2.67. The van der Waals surface area contributed by atoms with Crippen molar-refractivity contribution in [1.82, 2.24) is 5.32 Å². The molecule has 144 valence electrons. The van der Waals surface area contributed by atoms with Crippen molar-refractivity contribution in [1.29, 1.82) is 0 Å². The van der Waals surface area contributed by atoms with Crippen molar-refractivity contribution in [2.24, 2.45) is 0 Å². The summed E-state index contributed by atoms with van der Waals surface area (Å²) in [6, 6.07) is 8.86. The first-order valence-electron chi connectivity index (χ1n) is 8.50. The second kappa shape index (κ2) is 9.23. The van der Waals surface area contributed by atoms with E-state index in [9.17, 15) is 14.9 Å². The zero-order chi connectivity index (χ0) is 20.0. The Morgan fingerprint density at radius 3 is 2.41 bits per heavy atom. The van der Waals surface area contributed by atoms with Gasteiger partial charge in [0.15, 0.2) is 11.5 Å². The molecule has 0 bridgehead atoms. The number of benzene rings is 2. The number of hydrogen-bond donors (Lipinski definition) is 1. The van der Waals surface area contributed by atoms with E-state index in [0.29, 0.717) is 5.56 Å². The molecular weight excluding hydrogens is 372 g/mol. The number of ether oxygens (including phenoxy) is 2. The maximum Gasteiger partial charge on any atom is 0.313 e. The van der Waals surface area contributed by atoms with Crippen LogP contribution < -0.4 is 14.8 Å². The van der Waals surface area contributed by atoms with Crippen molar-refractivity contribution in [3.63, 3.8) is 0 Å². The zero-order valence-electron chi connectivity index (χ0n) is 15.3. The molecule has 0 heterocycles. The smallest absolute Gasteiger partial charge is 0.313 e. The number of carbonyl (C=O) groups is 1. The highest BCUT2D eigenvalue weighted by Crippen LogP contribution is 2.37. The van der Waals surface area contributed by atoms with Crippen molar-refractivity contribution in [2.45, 2.75) is 32.7 Å². The summed E-state index contributed by atoms with van der Waals surface area (Å²) in [5, 5.41) is 14.4. The summed E-state index contributed by atoms with van der Waals surface area (Å²) in [7, 11) is 1.43. The fourth-order valence-electron chi connectivity index (χ4n) is 2.49. The SMILES string of the molecule is CCC(CC)NC(=O)c1ccc(Oc2ccc(Cl)cc2[N+](=O)[O-])c(OC)c1. The van der Waals surface area contributed by atoms with Gasteiger partial charge in [-0.1, -0.05) is 25.4 Å². The number of amides is 1. The minimum absolute atomic E-state index is 0.0249. The topological polar surface area (TPSA) is 90.7 Å². The van der Waals surface area contributed by atoms with Gasteiger partial charge >= 0.3 is 5.69 Å². The third-order valence-electron chi connectivity index (χ3n) is 4.08. The summed E-state index contributed by atoms with van der Waals surface area (Å²) in [6.45, 7) is 4.01. The Kier molecular flexibility index (Phi) is 7.01. The van der Waals surface area contributed by atoms with Crippen molar-refractivity contribution in [3.8, 4) is 17.2 Å². The van der Waals surface area contributed by atoms with Gasteiger partial charge in [0.2, 0.25) is 5.75 Å². The summed E-state index contributed by atoms with van der Waals surface area (Å²) in [5.41, 5.74) is 0.150. The highest BCUT2D eigenvalue weighted by Gasteiger charge is 2.19. The molecule has 0 unspecified atom stereocenters. The lowest BCUT2D eigenvalue weighted by Gasteiger charge is -2.16. The molecule has 7 nitrogen and oxygen atoms in total. The number of halogens is 1. The predicted octanol–water partition coefficient (Wildman–Crippen LogP) is 4.97. The van der Waals surface area contributed by atoms with Crippen LogP contribution in [-0.4, -0.2) is 24.0 Å². The monoisotopic (exact) mass is 392 g/mol. The number of nitro groups is 1.